The van der Waals surface area contributed by atoms with Crippen molar-refractivity contribution < 1.29 is 9.53 Å². The Balaban J connectivity index is 1.97. The van der Waals surface area contributed by atoms with E-state index in [1.165, 1.54) is 12.8 Å². The highest BCUT2D eigenvalue weighted by Gasteiger charge is 2.21. The second-order valence-corrected chi connectivity index (χ2v) is 3.81. The maximum absolute atomic E-state index is 11.4. The topological polar surface area (TPSA) is 64.1 Å². The van der Waals surface area contributed by atoms with Crippen molar-refractivity contribution in [2.75, 3.05) is 18.5 Å². The molecule has 1 aromatic rings. The molecule has 1 heterocycles. The summed E-state index contributed by atoms with van der Waals surface area (Å²) in [6, 6.07) is 1.76. The van der Waals surface area contributed by atoms with E-state index in [1.54, 1.807) is 19.2 Å². The number of aromatic nitrogens is 2. The van der Waals surface area contributed by atoms with Crippen molar-refractivity contribution in [3.63, 3.8) is 0 Å². The zero-order valence-electron chi connectivity index (χ0n) is 9.27. The van der Waals surface area contributed by atoms with E-state index in [-0.39, 0.29) is 5.82 Å². The van der Waals surface area contributed by atoms with Gasteiger partial charge in [0.15, 0.2) is 0 Å². The first-order chi connectivity index (χ1) is 7.79. The summed E-state index contributed by atoms with van der Waals surface area (Å²) in [4.78, 5) is 19.3. The molecule has 0 unspecified atom stereocenters. The maximum Gasteiger partial charge on any atom is 0.376 e. The molecule has 1 aliphatic carbocycles. The van der Waals surface area contributed by atoms with Gasteiger partial charge >= 0.3 is 5.97 Å². The lowest BCUT2D eigenvalue weighted by Crippen LogP contribution is -2.12. The number of esters is 1. The second-order valence-electron chi connectivity index (χ2n) is 3.81. The molecule has 1 fully saturated rings. The molecule has 1 N–H and O–H groups in total. The Kier molecular flexibility index (Phi) is 3.34. The van der Waals surface area contributed by atoms with E-state index in [4.69, 9.17) is 4.74 Å². The number of nitrogens with one attached hydrogen (secondary N) is 1. The Labute approximate surface area is 94.2 Å². The van der Waals surface area contributed by atoms with E-state index >= 15 is 0 Å². The Morgan fingerprint density at radius 1 is 1.62 bits per heavy atom. The predicted octanol–water partition coefficient (Wildman–Crippen LogP) is 1.48. The Morgan fingerprint density at radius 2 is 2.44 bits per heavy atom. The molecule has 1 aromatic heterocycles. The van der Waals surface area contributed by atoms with Crippen LogP contribution >= 0.6 is 0 Å². The third-order valence-corrected chi connectivity index (χ3v) is 2.38. The first-order valence-electron chi connectivity index (χ1n) is 5.53. The molecule has 86 valence electrons. The van der Waals surface area contributed by atoms with Gasteiger partial charge in [0.25, 0.3) is 0 Å². The molecule has 0 amide bonds. The molecule has 0 radical (unpaired) electrons. The standard InChI is InChI=1S/C11H15N3O2/c1-2-16-11(15)10-12-6-5-9(14-10)13-7-8-3-4-8/h5-6,8H,2-4,7H2,1H3,(H,12,13,14). The van der Waals surface area contributed by atoms with Gasteiger partial charge in [-0.25, -0.2) is 14.8 Å². The van der Waals surface area contributed by atoms with Gasteiger partial charge in [0.2, 0.25) is 5.82 Å². The van der Waals surface area contributed by atoms with Gasteiger partial charge in [-0.15, -0.1) is 0 Å². The molecule has 16 heavy (non-hydrogen) atoms. The number of anilines is 1. The maximum atomic E-state index is 11.4. The van der Waals surface area contributed by atoms with Crippen LogP contribution in [0.5, 0.6) is 0 Å². The van der Waals surface area contributed by atoms with Crippen molar-refractivity contribution >= 4 is 11.8 Å². The van der Waals surface area contributed by atoms with E-state index in [2.05, 4.69) is 15.3 Å². The first kappa shape index (κ1) is 10.9. The molecule has 5 heteroatoms. The quantitative estimate of drug-likeness (QED) is 0.763. The summed E-state index contributed by atoms with van der Waals surface area (Å²) in [6.45, 7) is 3.01. The average molecular weight is 221 g/mol. The zero-order valence-corrected chi connectivity index (χ0v) is 9.27. The van der Waals surface area contributed by atoms with Gasteiger partial charge in [-0.05, 0) is 31.7 Å². The lowest BCUT2D eigenvalue weighted by molar-refractivity contribution is 0.0512. The normalized spacial score (nSPS) is 14.6. The van der Waals surface area contributed by atoms with Crippen LogP contribution in [-0.2, 0) is 4.74 Å². The van der Waals surface area contributed by atoms with Crippen LogP contribution in [0.3, 0.4) is 0 Å². The van der Waals surface area contributed by atoms with Crippen LogP contribution in [0.4, 0.5) is 5.82 Å². The van der Waals surface area contributed by atoms with Gasteiger partial charge in [-0.2, -0.15) is 0 Å². The fraction of sp³-hybridized carbons (Fsp3) is 0.545. The van der Waals surface area contributed by atoms with Crippen molar-refractivity contribution in [3.05, 3.63) is 18.1 Å². The monoisotopic (exact) mass is 221 g/mol. The number of carbonyl (C=O) groups is 1. The highest BCUT2D eigenvalue weighted by Crippen LogP contribution is 2.28. The van der Waals surface area contributed by atoms with Gasteiger partial charge in [0, 0.05) is 12.7 Å². The molecule has 2 rings (SSSR count). The fourth-order valence-electron chi connectivity index (χ4n) is 1.32. The molecular weight excluding hydrogens is 206 g/mol. The van der Waals surface area contributed by atoms with Crippen LogP contribution in [0.2, 0.25) is 0 Å². The lowest BCUT2D eigenvalue weighted by atomic mass is 10.4. The minimum Gasteiger partial charge on any atom is -0.460 e. The SMILES string of the molecule is CCOC(=O)c1nccc(NCC2CC2)n1. The van der Waals surface area contributed by atoms with Gasteiger partial charge in [0.05, 0.1) is 6.61 Å². The minimum absolute atomic E-state index is 0.114. The van der Waals surface area contributed by atoms with Crippen LogP contribution in [0.15, 0.2) is 12.3 Å². The van der Waals surface area contributed by atoms with Crippen molar-refractivity contribution in [2.45, 2.75) is 19.8 Å². The lowest BCUT2D eigenvalue weighted by Gasteiger charge is -2.05. The van der Waals surface area contributed by atoms with Crippen molar-refractivity contribution in [3.8, 4) is 0 Å². The van der Waals surface area contributed by atoms with Gasteiger partial charge in [-0.3, -0.25) is 0 Å². The van der Waals surface area contributed by atoms with Crippen molar-refractivity contribution in [1.82, 2.24) is 9.97 Å². The van der Waals surface area contributed by atoms with Crippen LogP contribution in [0.1, 0.15) is 30.4 Å². The van der Waals surface area contributed by atoms with E-state index in [0.717, 1.165) is 12.5 Å². The van der Waals surface area contributed by atoms with Crippen molar-refractivity contribution in [2.24, 2.45) is 5.92 Å². The highest BCUT2D eigenvalue weighted by atomic mass is 16.5. The summed E-state index contributed by atoms with van der Waals surface area (Å²) < 4.78 is 4.83. The van der Waals surface area contributed by atoms with Gasteiger partial charge in [0.1, 0.15) is 5.82 Å². The summed E-state index contributed by atoms with van der Waals surface area (Å²) in [7, 11) is 0. The molecule has 0 bridgehead atoms. The molecule has 0 spiro atoms. The fourth-order valence-corrected chi connectivity index (χ4v) is 1.32. The Bertz CT molecular complexity index is 377. The number of hydrogen-bond acceptors (Lipinski definition) is 5. The minimum atomic E-state index is -0.474. The summed E-state index contributed by atoms with van der Waals surface area (Å²) in [5.41, 5.74) is 0. The van der Waals surface area contributed by atoms with Gasteiger partial charge in [-0.1, -0.05) is 0 Å². The van der Waals surface area contributed by atoms with E-state index < -0.39 is 5.97 Å². The van der Waals surface area contributed by atoms with Crippen LogP contribution in [0.25, 0.3) is 0 Å². The zero-order chi connectivity index (χ0) is 11.4. The molecule has 0 atom stereocenters. The molecule has 0 aliphatic heterocycles. The smallest absolute Gasteiger partial charge is 0.376 e. The molecule has 0 aromatic carbocycles. The van der Waals surface area contributed by atoms with Crippen LogP contribution in [-0.4, -0.2) is 29.1 Å². The first-order valence-corrected chi connectivity index (χ1v) is 5.53. The van der Waals surface area contributed by atoms with E-state index in [9.17, 15) is 4.79 Å². The van der Waals surface area contributed by atoms with Crippen molar-refractivity contribution in [1.29, 1.82) is 0 Å². The van der Waals surface area contributed by atoms with E-state index in [0.29, 0.717) is 12.4 Å². The van der Waals surface area contributed by atoms with Crippen LogP contribution < -0.4 is 5.32 Å². The average Bonchev–Trinajstić information content (AvgIpc) is 3.11. The third kappa shape index (κ3) is 2.92. The largest absolute Gasteiger partial charge is 0.460 e. The van der Waals surface area contributed by atoms with Gasteiger partial charge < -0.3 is 10.1 Å². The second kappa shape index (κ2) is 4.92. The summed E-state index contributed by atoms with van der Waals surface area (Å²) in [6.07, 6.45) is 4.13. The summed E-state index contributed by atoms with van der Waals surface area (Å²) >= 11 is 0. The van der Waals surface area contributed by atoms with E-state index in [1.807, 2.05) is 0 Å². The highest BCUT2D eigenvalue weighted by molar-refractivity contribution is 5.85. The Hall–Kier alpha value is -1.65. The number of ether oxygens (including phenoxy) is 1. The van der Waals surface area contributed by atoms with Crippen LogP contribution in [0, 0.1) is 5.92 Å². The molecular formula is C11H15N3O2. The number of carbonyl (C=O) groups excluding carboxylic acids is 1. The summed E-state index contributed by atoms with van der Waals surface area (Å²) in [5, 5.41) is 3.19. The Morgan fingerprint density at radius 3 is 3.12 bits per heavy atom. The number of hydrogen-bond donors (Lipinski definition) is 1. The summed E-state index contributed by atoms with van der Waals surface area (Å²) in [5.74, 6) is 1.09. The third-order valence-electron chi connectivity index (χ3n) is 2.38. The molecule has 5 nitrogen and oxygen atoms in total. The predicted molar refractivity (Wildman–Crippen MR) is 59.2 cm³/mol. The number of nitrogens with zero attached hydrogens (tertiary/aromatic N) is 2. The molecule has 1 saturated carbocycles. The number of rotatable bonds is 5. The molecule has 1 aliphatic rings. The molecule has 0 saturated heterocycles.